The van der Waals surface area contributed by atoms with E-state index in [0.29, 0.717) is 6.04 Å². The molecule has 6 heteroatoms. The smallest absolute Gasteiger partial charge is 0.168 e. The molecule has 1 N–H and O–H groups in total. The van der Waals surface area contributed by atoms with Gasteiger partial charge in [0.2, 0.25) is 0 Å². The summed E-state index contributed by atoms with van der Waals surface area (Å²) in [7, 11) is 1.93. The molecule has 0 saturated heterocycles. The number of aliphatic hydroxyl groups is 1. The van der Waals surface area contributed by atoms with E-state index in [-0.39, 0.29) is 6.61 Å². The number of aromatic nitrogens is 4. The zero-order valence-corrected chi connectivity index (χ0v) is 11.1. The van der Waals surface area contributed by atoms with E-state index in [1.165, 1.54) is 18.5 Å². The van der Waals surface area contributed by atoms with E-state index in [0.717, 1.165) is 16.6 Å². The second-order valence-electron chi connectivity index (χ2n) is 4.56. The first-order chi connectivity index (χ1) is 8.79. The number of hydrogen-bond acceptors (Lipinski definition) is 4. The summed E-state index contributed by atoms with van der Waals surface area (Å²) in [6, 6.07) is 0.664. The Kier molecular flexibility index (Phi) is 3.13. The van der Waals surface area contributed by atoms with Gasteiger partial charge < -0.3 is 14.2 Å². The number of aliphatic hydroxyl groups excluding tert-OH is 1. The molecule has 0 spiro atoms. The SMILES string of the molecule is Cn1c(CO)cnc1SCc1cncn1C1CC1. The van der Waals surface area contributed by atoms with Crippen molar-refractivity contribution in [1.82, 2.24) is 19.1 Å². The van der Waals surface area contributed by atoms with Gasteiger partial charge >= 0.3 is 0 Å². The topological polar surface area (TPSA) is 55.9 Å². The van der Waals surface area contributed by atoms with Crippen LogP contribution in [0.15, 0.2) is 23.9 Å². The predicted molar refractivity (Wildman–Crippen MR) is 69.2 cm³/mol. The van der Waals surface area contributed by atoms with Crippen molar-refractivity contribution in [2.24, 2.45) is 7.05 Å². The molecule has 0 radical (unpaired) electrons. The molecular weight excluding hydrogens is 248 g/mol. The zero-order valence-electron chi connectivity index (χ0n) is 10.3. The van der Waals surface area contributed by atoms with Gasteiger partial charge in [0.05, 0.1) is 24.8 Å². The van der Waals surface area contributed by atoms with Gasteiger partial charge in [-0.25, -0.2) is 9.97 Å². The van der Waals surface area contributed by atoms with Crippen LogP contribution in [-0.2, 0) is 19.4 Å². The Morgan fingerprint density at radius 1 is 1.39 bits per heavy atom. The van der Waals surface area contributed by atoms with Gasteiger partial charge in [0.15, 0.2) is 5.16 Å². The van der Waals surface area contributed by atoms with E-state index in [2.05, 4.69) is 14.5 Å². The normalized spacial score (nSPS) is 15.2. The lowest BCUT2D eigenvalue weighted by atomic mass is 10.5. The molecule has 1 saturated carbocycles. The lowest BCUT2D eigenvalue weighted by Gasteiger charge is -2.06. The molecule has 1 fully saturated rings. The van der Waals surface area contributed by atoms with Crippen LogP contribution in [0.2, 0.25) is 0 Å². The Balaban J connectivity index is 1.69. The largest absolute Gasteiger partial charge is 0.390 e. The third-order valence-corrected chi connectivity index (χ3v) is 4.32. The van der Waals surface area contributed by atoms with Gasteiger partial charge in [-0.15, -0.1) is 0 Å². The quantitative estimate of drug-likeness (QED) is 0.836. The molecule has 0 amide bonds. The van der Waals surface area contributed by atoms with Gasteiger partial charge in [0.1, 0.15) is 0 Å². The summed E-state index contributed by atoms with van der Waals surface area (Å²) >= 11 is 1.68. The van der Waals surface area contributed by atoms with Crippen molar-refractivity contribution in [3.8, 4) is 0 Å². The lowest BCUT2D eigenvalue weighted by Crippen LogP contribution is -2.00. The number of hydrogen-bond donors (Lipinski definition) is 1. The summed E-state index contributed by atoms with van der Waals surface area (Å²) in [5.74, 6) is 0.867. The van der Waals surface area contributed by atoms with Crippen molar-refractivity contribution in [3.05, 3.63) is 30.1 Å². The second kappa shape index (κ2) is 4.78. The van der Waals surface area contributed by atoms with Crippen LogP contribution in [0, 0.1) is 0 Å². The first-order valence-corrected chi connectivity index (χ1v) is 7.03. The minimum atomic E-state index is 0.0318. The highest BCUT2D eigenvalue weighted by Gasteiger charge is 2.25. The van der Waals surface area contributed by atoms with Crippen molar-refractivity contribution in [2.75, 3.05) is 0 Å². The van der Waals surface area contributed by atoms with Crippen molar-refractivity contribution >= 4 is 11.8 Å². The average Bonchev–Trinajstić information content (AvgIpc) is 3.01. The number of imidazole rings is 2. The van der Waals surface area contributed by atoms with Crippen molar-refractivity contribution < 1.29 is 5.11 Å². The highest BCUT2D eigenvalue weighted by Crippen LogP contribution is 2.36. The van der Waals surface area contributed by atoms with Crippen LogP contribution >= 0.6 is 11.8 Å². The van der Waals surface area contributed by atoms with Crippen molar-refractivity contribution in [2.45, 2.75) is 36.4 Å². The summed E-state index contributed by atoms with van der Waals surface area (Å²) in [6.07, 6.45) is 8.11. The first-order valence-electron chi connectivity index (χ1n) is 6.04. The molecule has 0 unspecified atom stereocenters. The maximum atomic E-state index is 9.12. The van der Waals surface area contributed by atoms with E-state index in [1.54, 1.807) is 18.0 Å². The van der Waals surface area contributed by atoms with E-state index in [1.807, 2.05) is 24.1 Å². The molecule has 18 heavy (non-hydrogen) atoms. The zero-order chi connectivity index (χ0) is 12.5. The number of nitrogens with zero attached hydrogens (tertiary/aromatic N) is 4. The van der Waals surface area contributed by atoms with Crippen LogP contribution in [0.25, 0.3) is 0 Å². The summed E-state index contributed by atoms with van der Waals surface area (Å²) < 4.78 is 4.20. The van der Waals surface area contributed by atoms with E-state index in [4.69, 9.17) is 5.11 Å². The van der Waals surface area contributed by atoms with Crippen LogP contribution < -0.4 is 0 Å². The average molecular weight is 264 g/mol. The molecule has 0 bridgehead atoms. The van der Waals surface area contributed by atoms with E-state index < -0.39 is 0 Å². The third-order valence-electron chi connectivity index (χ3n) is 3.24. The summed E-state index contributed by atoms with van der Waals surface area (Å²) in [6.45, 7) is 0.0318. The Morgan fingerprint density at radius 3 is 2.89 bits per heavy atom. The fourth-order valence-corrected chi connectivity index (χ4v) is 2.91. The van der Waals surface area contributed by atoms with Crippen LogP contribution in [0.4, 0.5) is 0 Å². The van der Waals surface area contributed by atoms with Crippen molar-refractivity contribution in [3.63, 3.8) is 0 Å². The maximum absolute atomic E-state index is 9.12. The van der Waals surface area contributed by atoms with Gasteiger partial charge in [-0.05, 0) is 12.8 Å². The van der Waals surface area contributed by atoms with Crippen LogP contribution in [0.5, 0.6) is 0 Å². The van der Waals surface area contributed by atoms with E-state index in [9.17, 15) is 0 Å². The predicted octanol–water partition coefficient (Wildman–Crippen LogP) is 1.74. The molecule has 2 aromatic rings. The van der Waals surface area contributed by atoms with Crippen LogP contribution in [-0.4, -0.2) is 24.2 Å². The second-order valence-corrected chi connectivity index (χ2v) is 5.50. The highest BCUT2D eigenvalue weighted by molar-refractivity contribution is 7.98. The maximum Gasteiger partial charge on any atom is 0.168 e. The Morgan fingerprint density at radius 2 is 2.22 bits per heavy atom. The van der Waals surface area contributed by atoms with Gasteiger partial charge in [-0.3, -0.25) is 0 Å². The minimum absolute atomic E-state index is 0.0318. The monoisotopic (exact) mass is 264 g/mol. The Labute approximate surface area is 110 Å². The Bertz CT molecular complexity index is 544. The summed E-state index contributed by atoms with van der Waals surface area (Å²) in [5.41, 5.74) is 2.09. The van der Waals surface area contributed by atoms with Gasteiger partial charge in [-0.1, -0.05) is 11.8 Å². The fraction of sp³-hybridized carbons (Fsp3) is 0.500. The first kappa shape index (κ1) is 11.8. The van der Waals surface area contributed by atoms with Crippen molar-refractivity contribution in [1.29, 1.82) is 0 Å². The van der Waals surface area contributed by atoms with E-state index >= 15 is 0 Å². The molecule has 1 aliphatic carbocycles. The number of rotatable bonds is 5. The number of thioether (sulfide) groups is 1. The fourth-order valence-electron chi connectivity index (χ4n) is 1.97. The minimum Gasteiger partial charge on any atom is -0.390 e. The molecule has 0 atom stereocenters. The van der Waals surface area contributed by atoms with Gasteiger partial charge in [0.25, 0.3) is 0 Å². The van der Waals surface area contributed by atoms with Gasteiger partial charge in [0, 0.05) is 30.7 Å². The molecule has 3 rings (SSSR count). The summed E-state index contributed by atoms with van der Waals surface area (Å²) in [5, 5.41) is 10.1. The molecule has 96 valence electrons. The molecular formula is C12H16N4OS. The summed E-state index contributed by atoms with van der Waals surface area (Å²) in [4.78, 5) is 8.53. The van der Waals surface area contributed by atoms with Gasteiger partial charge in [-0.2, -0.15) is 0 Å². The third kappa shape index (κ3) is 2.18. The molecule has 2 aromatic heterocycles. The molecule has 5 nitrogen and oxygen atoms in total. The molecule has 0 aromatic carbocycles. The standard InChI is InChI=1S/C12H16N4OS/c1-15-10(6-17)5-14-12(15)18-7-11-4-13-8-16(11)9-2-3-9/h4-5,8-9,17H,2-3,6-7H2,1H3. The molecule has 0 aliphatic heterocycles. The van der Waals surface area contributed by atoms with Crippen LogP contribution in [0.1, 0.15) is 30.3 Å². The van der Waals surface area contributed by atoms with Crippen LogP contribution in [0.3, 0.4) is 0 Å². The molecule has 2 heterocycles. The molecule has 1 aliphatic rings. The highest BCUT2D eigenvalue weighted by atomic mass is 32.2. The lowest BCUT2D eigenvalue weighted by molar-refractivity contribution is 0.271. The Hall–Kier alpha value is -1.27.